The SMILES string of the molecule is CC1(C)c2ccccc2-c2cccc(-c3nc(-c4ccc5ccccc5c4)c4ccccc4n3)c2C1(C)C. The second kappa shape index (κ2) is 8.10. The highest BCUT2D eigenvalue weighted by atomic mass is 14.9. The van der Waals surface area contributed by atoms with Crippen LogP contribution in [0.5, 0.6) is 0 Å². The van der Waals surface area contributed by atoms with E-state index in [9.17, 15) is 0 Å². The van der Waals surface area contributed by atoms with Gasteiger partial charge in [0.25, 0.3) is 0 Å². The predicted molar refractivity (Wildman–Crippen MR) is 159 cm³/mol. The minimum atomic E-state index is -0.134. The highest BCUT2D eigenvalue weighted by Crippen LogP contribution is 2.55. The van der Waals surface area contributed by atoms with Crippen molar-refractivity contribution < 1.29 is 0 Å². The molecule has 0 N–H and O–H groups in total. The fourth-order valence-electron chi connectivity index (χ4n) is 6.30. The van der Waals surface area contributed by atoms with Gasteiger partial charge in [-0.1, -0.05) is 125 Å². The number of aromatic nitrogens is 2. The van der Waals surface area contributed by atoms with Crippen LogP contribution in [0.1, 0.15) is 38.8 Å². The average Bonchev–Trinajstić information content (AvgIpc) is 2.95. The third kappa shape index (κ3) is 3.20. The molecule has 7 rings (SSSR count). The fraction of sp³-hybridized carbons (Fsp3) is 0.167. The highest BCUT2D eigenvalue weighted by molar-refractivity contribution is 5.97. The number of para-hydroxylation sites is 1. The van der Waals surface area contributed by atoms with Gasteiger partial charge in [0.1, 0.15) is 0 Å². The zero-order valence-corrected chi connectivity index (χ0v) is 22.3. The lowest BCUT2D eigenvalue weighted by Crippen LogP contribution is -2.44. The summed E-state index contributed by atoms with van der Waals surface area (Å²) in [5, 5.41) is 3.52. The largest absolute Gasteiger partial charge is 0.228 e. The Morgan fingerprint density at radius 3 is 2.08 bits per heavy atom. The molecule has 0 radical (unpaired) electrons. The fourth-order valence-corrected chi connectivity index (χ4v) is 6.30. The van der Waals surface area contributed by atoms with Crippen molar-refractivity contribution in [2.45, 2.75) is 38.5 Å². The summed E-state index contributed by atoms with van der Waals surface area (Å²) in [5.74, 6) is 0.784. The van der Waals surface area contributed by atoms with E-state index in [1.807, 2.05) is 0 Å². The summed E-state index contributed by atoms with van der Waals surface area (Å²) in [6.45, 7) is 9.48. The lowest BCUT2D eigenvalue weighted by molar-refractivity contribution is 0.300. The Morgan fingerprint density at radius 2 is 1.21 bits per heavy atom. The molecule has 0 fully saturated rings. The topological polar surface area (TPSA) is 25.8 Å². The van der Waals surface area contributed by atoms with E-state index >= 15 is 0 Å². The van der Waals surface area contributed by atoms with Gasteiger partial charge in [-0.3, -0.25) is 0 Å². The Balaban J connectivity index is 1.53. The van der Waals surface area contributed by atoms with Crippen molar-refractivity contribution >= 4 is 21.7 Å². The second-order valence-corrected chi connectivity index (χ2v) is 11.5. The van der Waals surface area contributed by atoms with Crippen molar-refractivity contribution in [3.63, 3.8) is 0 Å². The smallest absolute Gasteiger partial charge is 0.160 e. The maximum Gasteiger partial charge on any atom is 0.160 e. The van der Waals surface area contributed by atoms with Gasteiger partial charge < -0.3 is 0 Å². The predicted octanol–water partition coefficient (Wildman–Crippen LogP) is 9.35. The molecule has 0 saturated heterocycles. The summed E-state index contributed by atoms with van der Waals surface area (Å²) in [7, 11) is 0. The van der Waals surface area contributed by atoms with Gasteiger partial charge >= 0.3 is 0 Å². The van der Waals surface area contributed by atoms with Crippen LogP contribution in [0, 0.1) is 0 Å². The van der Waals surface area contributed by atoms with Gasteiger partial charge in [0, 0.05) is 21.9 Å². The number of nitrogens with zero attached hydrogens (tertiary/aromatic N) is 2. The molecule has 1 aromatic heterocycles. The van der Waals surface area contributed by atoms with Crippen LogP contribution < -0.4 is 0 Å². The average molecular weight is 491 g/mol. The van der Waals surface area contributed by atoms with Gasteiger partial charge in [-0.05, 0) is 50.6 Å². The van der Waals surface area contributed by atoms with Crippen molar-refractivity contribution in [1.82, 2.24) is 9.97 Å². The molecule has 38 heavy (non-hydrogen) atoms. The van der Waals surface area contributed by atoms with E-state index in [1.54, 1.807) is 0 Å². The molecule has 2 nitrogen and oxygen atoms in total. The highest BCUT2D eigenvalue weighted by Gasteiger charge is 2.47. The molecular formula is C36H30N2. The molecule has 2 heteroatoms. The zero-order chi connectivity index (χ0) is 26.1. The third-order valence-corrected chi connectivity index (χ3v) is 9.01. The van der Waals surface area contributed by atoms with E-state index in [0.717, 1.165) is 33.5 Å². The zero-order valence-electron chi connectivity index (χ0n) is 22.3. The van der Waals surface area contributed by atoms with E-state index in [0.29, 0.717) is 0 Å². The molecular weight excluding hydrogens is 460 g/mol. The van der Waals surface area contributed by atoms with Crippen LogP contribution in [-0.2, 0) is 10.8 Å². The van der Waals surface area contributed by atoms with Crippen LogP contribution in [0.2, 0.25) is 0 Å². The number of hydrogen-bond donors (Lipinski definition) is 0. The maximum atomic E-state index is 5.31. The van der Waals surface area contributed by atoms with Crippen LogP contribution in [0.3, 0.4) is 0 Å². The first-order valence-corrected chi connectivity index (χ1v) is 13.4. The van der Waals surface area contributed by atoms with E-state index in [1.165, 1.54) is 33.0 Å². The van der Waals surface area contributed by atoms with E-state index in [4.69, 9.17) is 9.97 Å². The van der Waals surface area contributed by atoms with Crippen molar-refractivity contribution in [2.75, 3.05) is 0 Å². The molecule has 184 valence electrons. The Bertz CT molecular complexity index is 1880. The summed E-state index contributed by atoms with van der Waals surface area (Å²) in [6, 6.07) is 39.0. The summed E-state index contributed by atoms with van der Waals surface area (Å²) >= 11 is 0. The van der Waals surface area contributed by atoms with Gasteiger partial charge in [0.15, 0.2) is 5.82 Å². The number of rotatable bonds is 2. The first-order chi connectivity index (χ1) is 18.4. The number of benzene rings is 5. The van der Waals surface area contributed by atoms with Gasteiger partial charge in [-0.25, -0.2) is 9.97 Å². The molecule has 1 heterocycles. The van der Waals surface area contributed by atoms with Crippen LogP contribution in [0.4, 0.5) is 0 Å². The van der Waals surface area contributed by atoms with Crippen LogP contribution >= 0.6 is 0 Å². The first kappa shape index (κ1) is 22.9. The molecule has 0 spiro atoms. The number of hydrogen-bond acceptors (Lipinski definition) is 2. The minimum Gasteiger partial charge on any atom is -0.228 e. The van der Waals surface area contributed by atoms with Gasteiger partial charge in [0.05, 0.1) is 11.2 Å². The molecule has 5 aromatic carbocycles. The first-order valence-electron chi connectivity index (χ1n) is 13.4. The Labute approximate surface area is 224 Å². The standard InChI is InChI=1S/C36H30N2/c1-35(2)30-18-9-7-14-26(30)27-16-11-17-29(32(27)36(35,3)4)34-37-31-19-10-8-15-28(31)33(38-34)25-21-20-23-12-5-6-13-24(23)22-25/h5-22H,1-4H3. The van der Waals surface area contributed by atoms with Gasteiger partial charge in [0.2, 0.25) is 0 Å². The monoisotopic (exact) mass is 490 g/mol. The van der Waals surface area contributed by atoms with Crippen molar-refractivity contribution in [2.24, 2.45) is 0 Å². The molecule has 0 unspecified atom stereocenters. The Hall–Kier alpha value is -4.30. The molecule has 0 atom stereocenters. The van der Waals surface area contributed by atoms with Crippen LogP contribution in [0.15, 0.2) is 109 Å². The Kier molecular flexibility index (Phi) is 4.87. The second-order valence-electron chi connectivity index (χ2n) is 11.5. The maximum absolute atomic E-state index is 5.31. The third-order valence-electron chi connectivity index (χ3n) is 9.01. The van der Waals surface area contributed by atoms with Crippen molar-refractivity contribution in [1.29, 1.82) is 0 Å². The van der Waals surface area contributed by atoms with E-state index in [2.05, 4.69) is 137 Å². The molecule has 1 aliphatic carbocycles. The molecule has 1 aliphatic rings. The summed E-state index contributed by atoms with van der Waals surface area (Å²) in [4.78, 5) is 10.5. The van der Waals surface area contributed by atoms with Crippen LogP contribution in [0.25, 0.3) is 55.4 Å². The van der Waals surface area contributed by atoms with E-state index in [-0.39, 0.29) is 10.8 Å². The summed E-state index contributed by atoms with van der Waals surface area (Å²) in [5.41, 5.74) is 9.27. The lowest BCUT2D eigenvalue weighted by atomic mass is 9.54. The van der Waals surface area contributed by atoms with Gasteiger partial charge in [-0.2, -0.15) is 0 Å². The lowest BCUT2D eigenvalue weighted by Gasteiger charge is -2.49. The molecule has 6 aromatic rings. The molecule has 0 amide bonds. The molecule has 0 bridgehead atoms. The minimum absolute atomic E-state index is 0.0648. The van der Waals surface area contributed by atoms with Gasteiger partial charge in [-0.15, -0.1) is 0 Å². The molecule has 0 aliphatic heterocycles. The van der Waals surface area contributed by atoms with Crippen LogP contribution in [-0.4, -0.2) is 9.97 Å². The van der Waals surface area contributed by atoms with Crippen molar-refractivity contribution in [3.05, 3.63) is 120 Å². The van der Waals surface area contributed by atoms with Crippen molar-refractivity contribution in [3.8, 4) is 33.8 Å². The summed E-state index contributed by atoms with van der Waals surface area (Å²) in [6.07, 6.45) is 0. The molecule has 0 saturated carbocycles. The quantitative estimate of drug-likeness (QED) is 0.242. The number of fused-ring (bicyclic) bond motifs is 5. The normalized spacial score (nSPS) is 15.3. The summed E-state index contributed by atoms with van der Waals surface area (Å²) < 4.78 is 0. The van der Waals surface area contributed by atoms with E-state index < -0.39 is 0 Å². The Morgan fingerprint density at radius 1 is 0.526 bits per heavy atom.